The molecule has 0 heterocycles. The molecule has 0 saturated heterocycles. The van der Waals surface area contributed by atoms with Crippen LogP contribution in [0.5, 0.6) is 0 Å². The minimum atomic E-state index is -0.470. The molecule has 0 atom stereocenters. The Kier molecular flexibility index (Phi) is 10.2. The summed E-state index contributed by atoms with van der Waals surface area (Å²) in [6, 6.07) is 0. The predicted molar refractivity (Wildman–Crippen MR) is 77.3 cm³/mol. The van der Waals surface area contributed by atoms with Crippen molar-refractivity contribution in [3.8, 4) is 0 Å². The highest BCUT2D eigenvalue weighted by atomic mass is 16.6. The van der Waals surface area contributed by atoms with Gasteiger partial charge >= 0.3 is 0 Å². The maximum absolute atomic E-state index is 11.9. The summed E-state index contributed by atoms with van der Waals surface area (Å²) in [4.78, 5) is 16.9. The van der Waals surface area contributed by atoms with Gasteiger partial charge in [-0.1, -0.05) is 20.3 Å². The Balaban J connectivity index is 0. The van der Waals surface area contributed by atoms with Gasteiger partial charge in [0.2, 0.25) is 5.91 Å². The average Bonchev–Trinajstić information content (AvgIpc) is 2.16. The second kappa shape index (κ2) is 9.34. The van der Waals surface area contributed by atoms with Crippen molar-refractivity contribution in [1.82, 2.24) is 10.8 Å². The van der Waals surface area contributed by atoms with Gasteiger partial charge in [-0.2, -0.15) is 0 Å². The smallest absolute Gasteiger partial charge is 0.227 e. The number of carbonyl (C=O) groups excluding carboxylic acids is 1. The van der Waals surface area contributed by atoms with E-state index in [2.05, 4.69) is 24.6 Å². The van der Waals surface area contributed by atoms with Gasteiger partial charge < -0.3 is 10.2 Å². The zero-order valence-corrected chi connectivity index (χ0v) is 13.4. The van der Waals surface area contributed by atoms with E-state index in [0.29, 0.717) is 13.2 Å². The van der Waals surface area contributed by atoms with E-state index in [1.54, 1.807) is 0 Å². The Hall–Kier alpha value is -0.610. The molecule has 0 aliphatic rings. The Bertz CT molecular complexity index is 220. The summed E-state index contributed by atoms with van der Waals surface area (Å²) >= 11 is 0. The fourth-order valence-corrected chi connectivity index (χ4v) is 0.924. The van der Waals surface area contributed by atoms with Gasteiger partial charge in [-0.3, -0.25) is 4.79 Å². The van der Waals surface area contributed by atoms with Crippen molar-refractivity contribution in [3.05, 3.63) is 0 Å². The Morgan fingerprint density at radius 1 is 1.06 bits per heavy atom. The molecule has 4 nitrogen and oxygen atoms in total. The molecular formula is C14H32N2O2. The van der Waals surface area contributed by atoms with Crippen molar-refractivity contribution in [2.75, 3.05) is 13.2 Å². The molecule has 0 aliphatic heterocycles. The molecule has 0 aliphatic carbocycles. The summed E-state index contributed by atoms with van der Waals surface area (Å²) in [5.74, 6) is 0.0298. The number of rotatable bonds is 5. The molecule has 0 unspecified atom stereocenters. The van der Waals surface area contributed by atoms with Crippen LogP contribution in [0.15, 0.2) is 0 Å². The van der Waals surface area contributed by atoms with Gasteiger partial charge in [0.1, 0.15) is 0 Å². The van der Waals surface area contributed by atoms with Gasteiger partial charge in [0.05, 0.1) is 12.0 Å². The minimum Gasteiger partial charge on any atom is -0.351 e. The highest BCUT2D eigenvalue weighted by Gasteiger charge is 2.30. The summed E-state index contributed by atoms with van der Waals surface area (Å²) < 4.78 is 0. The molecule has 0 bridgehead atoms. The van der Waals surface area contributed by atoms with Crippen LogP contribution in [0.1, 0.15) is 61.8 Å². The van der Waals surface area contributed by atoms with Crippen LogP contribution in [0, 0.1) is 5.41 Å². The normalized spacial score (nSPS) is 11.6. The van der Waals surface area contributed by atoms with E-state index in [9.17, 15) is 4.79 Å². The van der Waals surface area contributed by atoms with Gasteiger partial charge in [-0.15, -0.1) is 0 Å². The largest absolute Gasteiger partial charge is 0.351 e. The van der Waals surface area contributed by atoms with E-state index in [1.807, 2.05) is 41.5 Å². The number of hydrogen-bond acceptors (Lipinski definition) is 3. The van der Waals surface area contributed by atoms with Crippen molar-refractivity contribution in [3.63, 3.8) is 0 Å². The highest BCUT2D eigenvalue weighted by Crippen LogP contribution is 2.15. The second-order valence-corrected chi connectivity index (χ2v) is 6.05. The molecule has 2 N–H and O–H groups in total. The van der Waals surface area contributed by atoms with Crippen LogP contribution in [0.2, 0.25) is 0 Å². The minimum absolute atomic E-state index is 0.0298. The van der Waals surface area contributed by atoms with Gasteiger partial charge in [-0.25, -0.2) is 5.48 Å². The first-order chi connectivity index (χ1) is 8.10. The molecule has 4 heteroatoms. The van der Waals surface area contributed by atoms with Crippen LogP contribution in [0.25, 0.3) is 0 Å². The van der Waals surface area contributed by atoms with Crippen LogP contribution >= 0.6 is 0 Å². The number of amides is 1. The summed E-state index contributed by atoms with van der Waals surface area (Å²) in [6.07, 6.45) is 1.25. The van der Waals surface area contributed by atoms with Crippen molar-refractivity contribution in [1.29, 1.82) is 0 Å². The van der Waals surface area contributed by atoms with Crippen molar-refractivity contribution in [2.45, 2.75) is 67.3 Å². The molecule has 18 heavy (non-hydrogen) atoms. The third kappa shape index (κ3) is 11.9. The fourth-order valence-electron chi connectivity index (χ4n) is 0.924. The molecule has 0 aromatic heterocycles. The van der Waals surface area contributed by atoms with E-state index < -0.39 is 5.41 Å². The number of hydrogen-bond donors (Lipinski definition) is 2. The zero-order valence-electron chi connectivity index (χ0n) is 13.4. The topological polar surface area (TPSA) is 50.4 Å². The Morgan fingerprint density at radius 3 is 1.83 bits per heavy atom. The number of carbonyl (C=O) groups is 1. The van der Waals surface area contributed by atoms with Crippen molar-refractivity contribution < 1.29 is 9.63 Å². The molecule has 0 saturated carbocycles. The maximum atomic E-state index is 11.9. The molecule has 0 spiro atoms. The zero-order chi connectivity index (χ0) is 14.8. The van der Waals surface area contributed by atoms with E-state index in [-0.39, 0.29) is 11.4 Å². The average molecular weight is 260 g/mol. The summed E-state index contributed by atoms with van der Waals surface area (Å²) in [5.41, 5.74) is 2.12. The molecule has 110 valence electrons. The van der Waals surface area contributed by atoms with Crippen LogP contribution in [0.3, 0.4) is 0 Å². The molecular weight excluding hydrogens is 228 g/mol. The summed E-state index contributed by atoms with van der Waals surface area (Å²) in [5, 5.41) is 2.95. The molecule has 0 fully saturated rings. The second-order valence-electron chi connectivity index (χ2n) is 6.05. The van der Waals surface area contributed by atoms with E-state index in [0.717, 1.165) is 0 Å². The molecule has 0 rings (SSSR count). The summed E-state index contributed by atoms with van der Waals surface area (Å²) in [6.45, 7) is 16.9. The monoisotopic (exact) mass is 260 g/mol. The van der Waals surface area contributed by atoms with Crippen LogP contribution in [0.4, 0.5) is 0 Å². The third-order valence-electron chi connectivity index (χ3n) is 1.86. The van der Waals surface area contributed by atoms with Gasteiger partial charge in [0.25, 0.3) is 0 Å². The van der Waals surface area contributed by atoms with E-state index in [4.69, 9.17) is 4.84 Å². The molecule has 0 aromatic rings. The first kappa shape index (κ1) is 19.7. The molecule has 0 radical (unpaired) electrons. The van der Waals surface area contributed by atoms with Gasteiger partial charge in [0.15, 0.2) is 0 Å². The SMILES string of the molecule is CCC.CCONCC(C)(C)C(=O)NC(C)(C)C. The third-order valence-corrected chi connectivity index (χ3v) is 1.86. The highest BCUT2D eigenvalue weighted by molar-refractivity contribution is 5.82. The van der Waals surface area contributed by atoms with Gasteiger partial charge in [-0.05, 0) is 41.5 Å². The maximum Gasteiger partial charge on any atom is 0.227 e. The van der Waals surface area contributed by atoms with Crippen LogP contribution in [-0.2, 0) is 9.63 Å². The standard InChI is InChI=1S/C11H24N2O2.C3H8/c1-7-15-12-8-11(5,6)9(14)13-10(2,3)4;1-3-2/h12H,7-8H2,1-6H3,(H,13,14);3H2,1-2H3. The molecule has 0 aromatic carbocycles. The lowest BCUT2D eigenvalue weighted by Crippen LogP contribution is -2.50. The predicted octanol–water partition coefficient (Wildman–Crippen LogP) is 2.88. The Morgan fingerprint density at radius 2 is 1.50 bits per heavy atom. The van der Waals surface area contributed by atoms with Crippen molar-refractivity contribution in [2.24, 2.45) is 5.41 Å². The quantitative estimate of drug-likeness (QED) is 0.590. The lowest BCUT2D eigenvalue weighted by Gasteiger charge is -2.29. The Labute approximate surface area is 113 Å². The lowest BCUT2D eigenvalue weighted by atomic mass is 9.91. The van der Waals surface area contributed by atoms with E-state index in [1.165, 1.54) is 6.42 Å². The number of hydroxylamine groups is 1. The number of nitrogens with one attached hydrogen (secondary N) is 2. The summed E-state index contributed by atoms with van der Waals surface area (Å²) in [7, 11) is 0. The lowest BCUT2D eigenvalue weighted by molar-refractivity contribution is -0.132. The van der Waals surface area contributed by atoms with Crippen molar-refractivity contribution >= 4 is 5.91 Å². The van der Waals surface area contributed by atoms with Crippen LogP contribution < -0.4 is 10.8 Å². The van der Waals surface area contributed by atoms with Crippen LogP contribution in [-0.4, -0.2) is 24.6 Å². The first-order valence-corrected chi connectivity index (χ1v) is 6.78. The van der Waals surface area contributed by atoms with E-state index >= 15 is 0 Å². The fraction of sp³-hybridized carbons (Fsp3) is 0.929. The van der Waals surface area contributed by atoms with Gasteiger partial charge in [0, 0.05) is 12.1 Å². The molecule has 1 amide bonds. The first-order valence-electron chi connectivity index (χ1n) is 6.78.